The van der Waals surface area contributed by atoms with Crippen molar-refractivity contribution in [2.24, 2.45) is 5.92 Å². The Bertz CT molecular complexity index is 451. The van der Waals surface area contributed by atoms with Gasteiger partial charge in [0.25, 0.3) is 0 Å². The van der Waals surface area contributed by atoms with E-state index in [4.69, 9.17) is 5.11 Å². The summed E-state index contributed by atoms with van der Waals surface area (Å²) in [4.78, 5) is 15.4. The van der Waals surface area contributed by atoms with Crippen LogP contribution in [0.3, 0.4) is 0 Å². The number of nitrogens with one attached hydrogen (secondary N) is 1. The summed E-state index contributed by atoms with van der Waals surface area (Å²) in [6.07, 6.45) is 2.67. The molecule has 0 fully saturated rings. The van der Waals surface area contributed by atoms with Gasteiger partial charge in [-0.3, -0.25) is 4.79 Å². The quantitative estimate of drug-likeness (QED) is 0.766. The number of aliphatic carboxylic acids is 1. The lowest BCUT2D eigenvalue weighted by molar-refractivity contribution is -0.141. The number of thiazole rings is 1. The number of hydrogen-bond donors (Lipinski definition) is 2. The van der Waals surface area contributed by atoms with Crippen LogP contribution in [0.15, 0.2) is 5.38 Å². The van der Waals surface area contributed by atoms with Gasteiger partial charge in [0.15, 0.2) is 0 Å². The van der Waals surface area contributed by atoms with Gasteiger partial charge in [-0.2, -0.15) is 0 Å². The Kier molecular flexibility index (Phi) is 6.81. The van der Waals surface area contributed by atoms with Crippen LogP contribution in [0.1, 0.15) is 64.6 Å². The fraction of sp³-hybridized carbons (Fsp3) is 0.750. The van der Waals surface area contributed by atoms with E-state index in [1.165, 1.54) is 5.01 Å². The number of carbonyl (C=O) groups is 1. The normalized spacial score (nSPS) is 14.9. The first-order chi connectivity index (χ1) is 9.70. The van der Waals surface area contributed by atoms with Gasteiger partial charge in [-0.15, -0.1) is 11.3 Å². The Balaban J connectivity index is 2.28. The van der Waals surface area contributed by atoms with Crippen molar-refractivity contribution in [2.75, 3.05) is 0 Å². The summed E-state index contributed by atoms with van der Waals surface area (Å²) in [6.45, 7) is 11.2. The molecule has 1 rings (SSSR count). The van der Waals surface area contributed by atoms with Crippen molar-refractivity contribution < 1.29 is 9.90 Å². The van der Waals surface area contributed by atoms with E-state index in [1.54, 1.807) is 18.3 Å². The van der Waals surface area contributed by atoms with Crippen LogP contribution in [0.5, 0.6) is 0 Å². The van der Waals surface area contributed by atoms with E-state index in [2.05, 4.69) is 43.4 Å². The Morgan fingerprint density at radius 1 is 1.38 bits per heavy atom. The Morgan fingerprint density at radius 2 is 2.05 bits per heavy atom. The molecular weight excluding hydrogens is 284 g/mol. The minimum atomic E-state index is -0.701. The number of carboxylic acids is 1. The molecule has 0 aromatic carbocycles. The summed E-state index contributed by atoms with van der Waals surface area (Å²) < 4.78 is 0. The van der Waals surface area contributed by atoms with Crippen molar-refractivity contribution in [3.05, 3.63) is 16.1 Å². The highest BCUT2D eigenvalue weighted by Gasteiger charge is 2.18. The van der Waals surface area contributed by atoms with E-state index >= 15 is 0 Å². The lowest BCUT2D eigenvalue weighted by Crippen LogP contribution is -2.26. The molecule has 0 aliphatic carbocycles. The molecule has 120 valence electrons. The van der Waals surface area contributed by atoms with Gasteiger partial charge in [-0.1, -0.05) is 34.1 Å². The maximum Gasteiger partial charge on any atom is 0.306 e. The highest BCUT2D eigenvalue weighted by molar-refractivity contribution is 7.09. The van der Waals surface area contributed by atoms with Gasteiger partial charge < -0.3 is 10.4 Å². The van der Waals surface area contributed by atoms with E-state index in [1.807, 2.05) is 0 Å². The van der Waals surface area contributed by atoms with Crippen LogP contribution in [0.2, 0.25) is 0 Å². The fourth-order valence-electron chi connectivity index (χ4n) is 1.97. The Morgan fingerprint density at radius 3 is 2.57 bits per heavy atom. The molecule has 0 aliphatic rings. The summed E-state index contributed by atoms with van der Waals surface area (Å²) in [6, 6.07) is 0.380. The van der Waals surface area contributed by atoms with E-state index in [-0.39, 0.29) is 11.3 Å². The molecule has 5 heteroatoms. The van der Waals surface area contributed by atoms with Crippen LogP contribution in [0.4, 0.5) is 0 Å². The predicted molar refractivity (Wildman–Crippen MR) is 87.8 cm³/mol. The summed E-state index contributed by atoms with van der Waals surface area (Å²) in [7, 11) is 0. The van der Waals surface area contributed by atoms with Crippen LogP contribution < -0.4 is 5.32 Å². The van der Waals surface area contributed by atoms with Crippen LogP contribution in [0, 0.1) is 5.92 Å². The van der Waals surface area contributed by atoms with Crippen LogP contribution in [-0.4, -0.2) is 22.1 Å². The molecule has 0 aliphatic heterocycles. The highest BCUT2D eigenvalue weighted by Crippen LogP contribution is 2.25. The average molecular weight is 312 g/mol. The second kappa shape index (κ2) is 7.90. The molecule has 0 saturated heterocycles. The zero-order valence-corrected chi connectivity index (χ0v) is 14.6. The van der Waals surface area contributed by atoms with Gasteiger partial charge in [0.2, 0.25) is 0 Å². The summed E-state index contributed by atoms with van der Waals surface area (Å²) in [5.74, 6) is -0.946. The topological polar surface area (TPSA) is 62.2 Å². The molecule has 4 nitrogen and oxygen atoms in total. The van der Waals surface area contributed by atoms with Gasteiger partial charge in [0, 0.05) is 23.4 Å². The minimum absolute atomic E-state index is 0.113. The fourth-order valence-corrected chi connectivity index (χ4v) is 2.87. The molecule has 0 bridgehead atoms. The monoisotopic (exact) mass is 312 g/mol. The van der Waals surface area contributed by atoms with Gasteiger partial charge >= 0.3 is 5.97 Å². The van der Waals surface area contributed by atoms with E-state index < -0.39 is 5.97 Å². The minimum Gasteiger partial charge on any atom is -0.481 e. The molecular formula is C16H28N2O2S. The van der Waals surface area contributed by atoms with E-state index in [0.29, 0.717) is 6.04 Å². The second-order valence-electron chi connectivity index (χ2n) is 6.85. The van der Waals surface area contributed by atoms with Crippen molar-refractivity contribution in [1.29, 1.82) is 0 Å². The molecule has 0 spiro atoms. The number of nitrogens with zero attached hydrogens (tertiary/aromatic N) is 1. The van der Waals surface area contributed by atoms with Crippen molar-refractivity contribution >= 4 is 17.3 Å². The van der Waals surface area contributed by atoms with Gasteiger partial charge in [-0.25, -0.2) is 4.98 Å². The molecule has 2 unspecified atom stereocenters. The lowest BCUT2D eigenvalue weighted by Gasteiger charge is -2.15. The van der Waals surface area contributed by atoms with Crippen LogP contribution in [-0.2, 0) is 16.8 Å². The smallest absolute Gasteiger partial charge is 0.306 e. The van der Waals surface area contributed by atoms with Crippen LogP contribution >= 0.6 is 11.3 Å². The molecule has 1 aromatic heterocycles. The third-order valence-electron chi connectivity index (χ3n) is 3.52. The summed E-state index contributed by atoms with van der Waals surface area (Å²) in [5, 5.41) is 15.6. The van der Waals surface area contributed by atoms with Gasteiger partial charge in [-0.05, 0) is 19.8 Å². The molecule has 0 radical (unpaired) electrons. The maximum absolute atomic E-state index is 10.7. The van der Waals surface area contributed by atoms with Gasteiger partial charge in [0.05, 0.1) is 16.6 Å². The van der Waals surface area contributed by atoms with Crippen LogP contribution in [0.25, 0.3) is 0 Å². The lowest BCUT2D eigenvalue weighted by atomic mass is 9.98. The first kappa shape index (κ1) is 18.1. The first-order valence-electron chi connectivity index (χ1n) is 7.61. The maximum atomic E-state index is 10.7. The standard InChI is InChI=1S/C16H28N2O2S/c1-11(14(19)20)7-6-8-12(2)17-9-13-10-21-15(18-13)16(3,4)5/h10-12,17H,6-9H2,1-5H3,(H,19,20). The Hall–Kier alpha value is -0.940. The van der Waals surface area contributed by atoms with Crippen molar-refractivity contribution in [3.63, 3.8) is 0 Å². The molecule has 0 amide bonds. The molecule has 2 atom stereocenters. The third kappa shape index (κ3) is 6.57. The largest absolute Gasteiger partial charge is 0.481 e. The summed E-state index contributed by atoms with van der Waals surface area (Å²) in [5.41, 5.74) is 1.21. The van der Waals surface area contributed by atoms with Crippen molar-refractivity contribution in [1.82, 2.24) is 10.3 Å². The summed E-state index contributed by atoms with van der Waals surface area (Å²) >= 11 is 1.72. The number of carboxylic acid groups (broad SMARTS) is 1. The molecule has 1 heterocycles. The molecule has 1 aromatic rings. The predicted octanol–water partition coefficient (Wildman–Crippen LogP) is 3.81. The van der Waals surface area contributed by atoms with E-state index in [0.717, 1.165) is 31.5 Å². The molecule has 2 N–H and O–H groups in total. The van der Waals surface area contributed by atoms with Crippen molar-refractivity contribution in [3.8, 4) is 0 Å². The zero-order valence-electron chi connectivity index (χ0n) is 13.8. The third-order valence-corrected chi connectivity index (χ3v) is 4.84. The molecule has 21 heavy (non-hydrogen) atoms. The number of hydrogen-bond acceptors (Lipinski definition) is 4. The first-order valence-corrected chi connectivity index (χ1v) is 8.49. The SMILES string of the molecule is CC(CCCC(C)C(=O)O)NCc1csc(C(C)(C)C)n1. The molecule has 0 saturated carbocycles. The van der Waals surface area contributed by atoms with Crippen molar-refractivity contribution in [2.45, 2.75) is 71.9 Å². The number of rotatable bonds is 8. The highest BCUT2D eigenvalue weighted by atomic mass is 32.1. The second-order valence-corrected chi connectivity index (χ2v) is 7.70. The zero-order chi connectivity index (χ0) is 16.0. The Labute approximate surface area is 132 Å². The number of aromatic nitrogens is 1. The van der Waals surface area contributed by atoms with Gasteiger partial charge in [0.1, 0.15) is 0 Å². The van der Waals surface area contributed by atoms with E-state index in [9.17, 15) is 4.79 Å². The average Bonchev–Trinajstić information content (AvgIpc) is 2.84.